The minimum atomic E-state index is -4.43. The number of benzene rings is 2. The summed E-state index contributed by atoms with van der Waals surface area (Å²) in [5.41, 5.74) is -0.213. The lowest BCUT2D eigenvalue weighted by Crippen LogP contribution is -2.04. The van der Waals surface area contributed by atoms with Crippen molar-refractivity contribution in [2.75, 3.05) is 0 Å². The largest absolute Gasteiger partial charge is 0.416 e. The van der Waals surface area contributed by atoms with Crippen molar-refractivity contribution in [3.63, 3.8) is 0 Å². The van der Waals surface area contributed by atoms with Gasteiger partial charge in [0.15, 0.2) is 0 Å². The molecular formula is C13H4Cl5F3. The first-order chi connectivity index (χ1) is 9.64. The van der Waals surface area contributed by atoms with Gasteiger partial charge >= 0.3 is 6.18 Å². The van der Waals surface area contributed by atoms with Gasteiger partial charge in [-0.05, 0) is 17.7 Å². The lowest BCUT2D eigenvalue weighted by molar-refractivity contribution is -0.137. The molecule has 8 heteroatoms. The van der Waals surface area contributed by atoms with E-state index in [9.17, 15) is 13.2 Å². The van der Waals surface area contributed by atoms with Gasteiger partial charge in [0.25, 0.3) is 0 Å². The molecule has 2 rings (SSSR count). The average Bonchev–Trinajstić information content (AvgIpc) is 2.43. The fourth-order valence-corrected chi connectivity index (χ4v) is 3.04. The van der Waals surface area contributed by atoms with Crippen molar-refractivity contribution >= 4 is 58.0 Å². The van der Waals surface area contributed by atoms with E-state index in [1.54, 1.807) is 0 Å². The highest BCUT2D eigenvalue weighted by Gasteiger charge is 2.30. The number of hydrogen-bond acceptors (Lipinski definition) is 0. The Morgan fingerprint density at radius 3 is 1.38 bits per heavy atom. The molecule has 2 aromatic carbocycles. The zero-order valence-corrected chi connectivity index (χ0v) is 13.6. The molecule has 21 heavy (non-hydrogen) atoms. The van der Waals surface area contributed by atoms with Crippen LogP contribution in [0.1, 0.15) is 5.56 Å². The van der Waals surface area contributed by atoms with E-state index in [1.807, 2.05) is 0 Å². The number of halogens is 8. The normalized spacial score (nSPS) is 11.8. The Hall–Kier alpha value is -0.320. The summed E-state index contributed by atoms with van der Waals surface area (Å²) >= 11 is 29.8. The molecule has 0 aromatic heterocycles. The lowest BCUT2D eigenvalue weighted by atomic mass is 10.0. The molecule has 0 unspecified atom stereocenters. The van der Waals surface area contributed by atoms with Gasteiger partial charge in [-0.1, -0.05) is 70.1 Å². The Bertz CT molecular complexity index is 663. The molecule has 0 aliphatic heterocycles. The molecule has 0 spiro atoms. The zero-order chi connectivity index (χ0) is 15.9. The van der Waals surface area contributed by atoms with Crippen LogP contribution in [0.2, 0.25) is 25.1 Å². The fourth-order valence-electron chi connectivity index (χ4n) is 1.68. The van der Waals surface area contributed by atoms with E-state index in [4.69, 9.17) is 58.0 Å². The second-order valence-electron chi connectivity index (χ2n) is 4.02. The Morgan fingerprint density at radius 2 is 1.00 bits per heavy atom. The molecule has 0 atom stereocenters. The third-order valence-corrected chi connectivity index (χ3v) is 4.99. The minimum absolute atomic E-state index is 0.0102. The standard InChI is InChI=1S/C13H4Cl5F3/c14-8-7(9(15)11(17)12(18)10(8)16)5-1-3-6(4-2-5)13(19,20)21/h1-4H. The Balaban J connectivity index is 2.63. The first kappa shape index (κ1) is 17.0. The number of alkyl halides is 3. The topological polar surface area (TPSA) is 0 Å². The molecular weight excluding hydrogens is 390 g/mol. The smallest absolute Gasteiger partial charge is 0.166 e. The third-order valence-electron chi connectivity index (χ3n) is 2.71. The quantitative estimate of drug-likeness (QED) is 0.344. The van der Waals surface area contributed by atoms with Crippen LogP contribution in [0.15, 0.2) is 24.3 Å². The monoisotopic (exact) mass is 392 g/mol. The van der Waals surface area contributed by atoms with Crippen LogP contribution in [0, 0.1) is 0 Å². The molecule has 0 heterocycles. The Morgan fingerprint density at radius 1 is 0.619 bits per heavy atom. The average molecular weight is 394 g/mol. The van der Waals surface area contributed by atoms with Gasteiger partial charge in [0, 0.05) is 5.56 Å². The summed E-state index contributed by atoms with van der Waals surface area (Å²) in [5, 5.41) is 0.0147. The predicted octanol–water partition coefficient (Wildman–Crippen LogP) is 7.64. The molecule has 2 aromatic rings. The predicted molar refractivity (Wildman–Crippen MR) is 81.9 cm³/mol. The summed E-state index contributed by atoms with van der Waals surface area (Å²) in [4.78, 5) is 0. The maximum atomic E-state index is 12.5. The minimum Gasteiger partial charge on any atom is -0.166 e. The molecule has 0 radical (unpaired) electrons. The molecule has 0 amide bonds. The van der Waals surface area contributed by atoms with Crippen LogP contribution in [0.3, 0.4) is 0 Å². The van der Waals surface area contributed by atoms with Gasteiger partial charge in [-0.15, -0.1) is 0 Å². The van der Waals surface area contributed by atoms with Crippen LogP contribution < -0.4 is 0 Å². The maximum Gasteiger partial charge on any atom is 0.416 e. The van der Waals surface area contributed by atoms with Crippen LogP contribution in [0.4, 0.5) is 13.2 Å². The van der Waals surface area contributed by atoms with Crippen LogP contribution in [0.5, 0.6) is 0 Å². The summed E-state index contributed by atoms with van der Waals surface area (Å²) < 4.78 is 37.6. The van der Waals surface area contributed by atoms with Gasteiger partial charge in [-0.2, -0.15) is 13.2 Å². The SMILES string of the molecule is FC(F)(F)c1ccc(-c2c(Cl)c(Cl)c(Cl)c(Cl)c2Cl)cc1. The van der Waals surface area contributed by atoms with Crippen LogP contribution in [-0.4, -0.2) is 0 Å². The summed E-state index contributed by atoms with van der Waals surface area (Å²) in [6.07, 6.45) is -4.43. The summed E-state index contributed by atoms with van der Waals surface area (Å²) in [6, 6.07) is 4.30. The molecule has 0 fully saturated rings. The second-order valence-corrected chi connectivity index (χ2v) is 5.91. The highest BCUT2D eigenvalue weighted by molar-refractivity contribution is 6.56. The fraction of sp³-hybridized carbons (Fsp3) is 0.0769. The van der Waals surface area contributed by atoms with Gasteiger partial charge in [0.2, 0.25) is 0 Å². The number of rotatable bonds is 1. The second kappa shape index (κ2) is 6.05. The lowest BCUT2D eigenvalue weighted by Gasteiger charge is -2.13. The molecule has 0 N–H and O–H groups in total. The molecule has 112 valence electrons. The van der Waals surface area contributed by atoms with Gasteiger partial charge in [-0.25, -0.2) is 0 Å². The van der Waals surface area contributed by atoms with Crippen LogP contribution >= 0.6 is 58.0 Å². The first-order valence-electron chi connectivity index (χ1n) is 5.33. The molecule has 0 aliphatic carbocycles. The van der Waals surface area contributed by atoms with E-state index in [2.05, 4.69) is 0 Å². The molecule has 0 saturated carbocycles. The van der Waals surface area contributed by atoms with Gasteiger partial charge in [-0.3, -0.25) is 0 Å². The van der Waals surface area contributed by atoms with E-state index in [-0.39, 0.29) is 30.7 Å². The van der Waals surface area contributed by atoms with E-state index in [0.29, 0.717) is 5.56 Å². The van der Waals surface area contributed by atoms with Crippen molar-refractivity contribution in [2.45, 2.75) is 6.18 Å². The van der Waals surface area contributed by atoms with Gasteiger partial charge in [0.1, 0.15) is 0 Å². The van der Waals surface area contributed by atoms with Crippen molar-refractivity contribution in [3.8, 4) is 11.1 Å². The zero-order valence-electron chi connectivity index (χ0n) is 9.83. The van der Waals surface area contributed by atoms with Crippen molar-refractivity contribution < 1.29 is 13.2 Å². The molecule has 0 saturated heterocycles. The highest BCUT2D eigenvalue weighted by Crippen LogP contribution is 2.48. The van der Waals surface area contributed by atoms with E-state index in [1.165, 1.54) is 12.1 Å². The first-order valence-corrected chi connectivity index (χ1v) is 7.22. The van der Waals surface area contributed by atoms with Gasteiger partial charge in [0.05, 0.1) is 30.7 Å². The maximum absolute atomic E-state index is 12.5. The summed E-state index contributed by atoms with van der Waals surface area (Å²) in [5.74, 6) is 0. The highest BCUT2D eigenvalue weighted by atomic mass is 35.5. The van der Waals surface area contributed by atoms with Crippen molar-refractivity contribution in [1.29, 1.82) is 0 Å². The van der Waals surface area contributed by atoms with E-state index >= 15 is 0 Å². The summed E-state index contributed by atoms with van der Waals surface area (Å²) in [7, 11) is 0. The van der Waals surface area contributed by atoms with E-state index < -0.39 is 11.7 Å². The van der Waals surface area contributed by atoms with Crippen molar-refractivity contribution in [2.24, 2.45) is 0 Å². The van der Waals surface area contributed by atoms with E-state index in [0.717, 1.165) is 12.1 Å². The van der Waals surface area contributed by atoms with Crippen molar-refractivity contribution in [1.82, 2.24) is 0 Å². The van der Waals surface area contributed by atoms with Crippen LogP contribution in [0.25, 0.3) is 11.1 Å². The van der Waals surface area contributed by atoms with Gasteiger partial charge < -0.3 is 0 Å². The number of hydrogen-bond donors (Lipinski definition) is 0. The molecule has 0 bridgehead atoms. The summed E-state index contributed by atoms with van der Waals surface area (Å²) in [6.45, 7) is 0. The van der Waals surface area contributed by atoms with Crippen molar-refractivity contribution in [3.05, 3.63) is 54.9 Å². The third kappa shape index (κ3) is 3.22. The Labute approximate surface area is 143 Å². The molecule has 0 aliphatic rings. The Kier molecular flexibility index (Phi) is 4.91. The molecule has 0 nitrogen and oxygen atoms in total. The van der Waals surface area contributed by atoms with Crippen LogP contribution in [-0.2, 0) is 6.18 Å².